The fourth-order valence-corrected chi connectivity index (χ4v) is 2.44. The molecule has 0 aromatic heterocycles. The van der Waals surface area contributed by atoms with Gasteiger partial charge in [-0.3, -0.25) is 0 Å². The maximum atomic E-state index is 9.58. The van der Waals surface area contributed by atoms with Crippen molar-refractivity contribution in [1.29, 1.82) is 0 Å². The van der Waals surface area contributed by atoms with Gasteiger partial charge in [0.2, 0.25) is 0 Å². The Labute approximate surface area is 120 Å². The van der Waals surface area contributed by atoms with E-state index in [9.17, 15) is 5.11 Å². The number of rotatable bonds is 5. The first kappa shape index (κ1) is 15.1. The number of hydrogen-bond acceptors (Lipinski definition) is 4. The van der Waals surface area contributed by atoms with E-state index in [-0.39, 0.29) is 11.7 Å². The number of ether oxygens (including phenoxy) is 3. The van der Waals surface area contributed by atoms with Crippen LogP contribution in [-0.4, -0.2) is 30.5 Å². The highest BCUT2D eigenvalue weighted by molar-refractivity contribution is 5.43. The summed E-state index contributed by atoms with van der Waals surface area (Å²) in [5.41, 5.74) is 0.765. The van der Waals surface area contributed by atoms with E-state index in [4.69, 9.17) is 14.2 Å². The number of aliphatic hydroxyl groups excluding tert-OH is 1. The maximum absolute atomic E-state index is 9.58. The normalized spacial score (nSPS) is 22.6. The van der Waals surface area contributed by atoms with Crippen LogP contribution < -0.4 is 9.47 Å². The molecule has 1 aliphatic heterocycles. The van der Waals surface area contributed by atoms with Gasteiger partial charge in [-0.2, -0.15) is 0 Å². The minimum atomic E-state index is -0.517. The van der Waals surface area contributed by atoms with E-state index in [2.05, 4.69) is 13.8 Å². The van der Waals surface area contributed by atoms with E-state index >= 15 is 0 Å². The molecule has 4 nitrogen and oxygen atoms in total. The first-order chi connectivity index (χ1) is 9.41. The number of benzene rings is 1. The van der Waals surface area contributed by atoms with Crippen LogP contribution in [0.4, 0.5) is 0 Å². The lowest BCUT2D eigenvalue weighted by molar-refractivity contribution is -0.0329. The zero-order valence-electron chi connectivity index (χ0n) is 12.7. The Bertz CT molecular complexity index is 454. The molecule has 2 rings (SSSR count). The van der Waals surface area contributed by atoms with E-state index in [1.54, 1.807) is 20.1 Å². The molecule has 2 atom stereocenters. The second-order valence-corrected chi connectivity index (χ2v) is 5.94. The predicted octanol–water partition coefficient (Wildman–Crippen LogP) is 3.08. The Kier molecular flexibility index (Phi) is 4.55. The summed E-state index contributed by atoms with van der Waals surface area (Å²) in [7, 11) is 1.60. The average molecular weight is 280 g/mol. The molecule has 112 valence electrons. The van der Waals surface area contributed by atoms with Crippen molar-refractivity contribution < 1.29 is 19.3 Å². The second-order valence-electron chi connectivity index (χ2n) is 5.94. The molecule has 1 aromatic rings. The number of aliphatic hydroxyl groups is 1. The van der Waals surface area contributed by atoms with Crippen LogP contribution in [0.1, 0.15) is 45.3 Å². The molecule has 1 N–H and O–H groups in total. The summed E-state index contributed by atoms with van der Waals surface area (Å²) in [6.45, 7) is 6.45. The van der Waals surface area contributed by atoms with Crippen LogP contribution in [0.15, 0.2) is 18.2 Å². The van der Waals surface area contributed by atoms with Crippen molar-refractivity contribution in [3.8, 4) is 11.5 Å². The summed E-state index contributed by atoms with van der Waals surface area (Å²) < 4.78 is 17.0. The Balaban J connectivity index is 1.99. The van der Waals surface area contributed by atoms with E-state index < -0.39 is 6.10 Å². The van der Waals surface area contributed by atoms with Crippen molar-refractivity contribution in [3.63, 3.8) is 0 Å². The topological polar surface area (TPSA) is 47.9 Å². The molecule has 1 aromatic carbocycles. The van der Waals surface area contributed by atoms with Crippen molar-refractivity contribution in [3.05, 3.63) is 23.8 Å². The molecule has 1 fully saturated rings. The Hall–Kier alpha value is -1.26. The summed E-state index contributed by atoms with van der Waals surface area (Å²) in [5, 5.41) is 9.58. The highest BCUT2D eigenvalue weighted by Crippen LogP contribution is 2.33. The molecule has 0 amide bonds. The molecule has 1 saturated heterocycles. The lowest BCUT2D eigenvalue weighted by Crippen LogP contribution is -2.24. The SMILES string of the molecule is COc1cc([C@H](C)O)ccc1OCC1CCC(C)(C)O1. The van der Waals surface area contributed by atoms with E-state index in [1.165, 1.54) is 0 Å². The predicted molar refractivity (Wildman–Crippen MR) is 77.3 cm³/mol. The summed E-state index contributed by atoms with van der Waals surface area (Å²) in [5.74, 6) is 1.32. The largest absolute Gasteiger partial charge is 0.493 e. The number of hydrogen-bond donors (Lipinski definition) is 1. The first-order valence-corrected chi connectivity index (χ1v) is 7.08. The highest BCUT2D eigenvalue weighted by Gasteiger charge is 2.32. The van der Waals surface area contributed by atoms with Gasteiger partial charge in [0.15, 0.2) is 11.5 Å². The van der Waals surface area contributed by atoms with Crippen molar-refractivity contribution >= 4 is 0 Å². The second kappa shape index (κ2) is 6.02. The zero-order chi connectivity index (χ0) is 14.8. The number of methoxy groups -OCH3 is 1. The van der Waals surface area contributed by atoms with Crippen LogP contribution in [0, 0.1) is 0 Å². The minimum absolute atomic E-state index is 0.0473. The van der Waals surface area contributed by atoms with Gasteiger partial charge in [0.1, 0.15) is 6.61 Å². The lowest BCUT2D eigenvalue weighted by atomic mass is 10.1. The fourth-order valence-electron chi connectivity index (χ4n) is 2.44. The molecule has 0 radical (unpaired) electrons. The summed E-state index contributed by atoms with van der Waals surface area (Å²) in [6, 6.07) is 5.49. The molecular weight excluding hydrogens is 256 g/mol. The molecule has 0 aliphatic carbocycles. The quantitative estimate of drug-likeness (QED) is 0.900. The smallest absolute Gasteiger partial charge is 0.161 e. The molecule has 0 spiro atoms. The standard InChI is InChI=1S/C16H24O4/c1-11(17)12-5-6-14(15(9-12)18-4)19-10-13-7-8-16(2,3)20-13/h5-6,9,11,13,17H,7-8,10H2,1-4H3/t11-,13?/m0/s1. The zero-order valence-corrected chi connectivity index (χ0v) is 12.7. The maximum Gasteiger partial charge on any atom is 0.161 e. The van der Waals surface area contributed by atoms with Crippen LogP contribution in [0.25, 0.3) is 0 Å². The van der Waals surface area contributed by atoms with E-state index in [0.717, 1.165) is 18.4 Å². The van der Waals surface area contributed by atoms with Crippen molar-refractivity contribution in [2.75, 3.05) is 13.7 Å². The Morgan fingerprint density at radius 2 is 2.15 bits per heavy atom. The van der Waals surface area contributed by atoms with Crippen molar-refractivity contribution in [1.82, 2.24) is 0 Å². The Morgan fingerprint density at radius 1 is 1.40 bits per heavy atom. The van der Waals surface area contributed by atoms with Crippen LogP contribution in [-0.2, 0) is 4.74 Å². The van der Waals surface area contributed by atoms with Gasteiger partial charge in [-0.05, 0) is 51.3 Å². The lowest BCUT2D eigenvalue weighted by Gasteiger charge is -2.20. The average Bonchev–Trinajstić information content (AvgIpc) is 2.75. The third-order valence-corrected chi connectivity index (χ3v) is 3.65. The third-order valence-electron chi connectivity index (χ3n) is 3.65. The van der Waals surface area contributed by atoms with Crippen LogP contribution in [0.2, 0.25) is 0 Å². The van der Waals surface area contributed by atoms with Crippen LogP contribution in [0.5, 0.6) is 11.5 Å². The minimum Gasteiger partial charge on any atom is -0.493 e. The van der Waals surface area contributed by atoms with Gasteiger partial charge < -0.3 is 19.3 Å². The summed E-state index contributed by atoms with van der Waals surface area (Å²) >= 11 is 0. The van der Waals surface area contributed by atoms with Gasteiger partial charge in [-0.25, -0.2) is 0 Å². The van der Waals surface area contributed by atoms with E-state index in [0.29, 0.717) is 18.1 Å². The molecule has 20 heavy (non-hydrogen) atoms. The highest BCUT2D eigenvalue weighted by atomic mass is 16.6. The van der Waals surface area contributed by atoms with Gasteiger partial charge in [0, 0.05) is 0 Å². The van der Waals surface area contributed by atoms with Gasteiger partial charge >= 0.3 is 0 Å². The molecule has 1 heterocycles. The molecule has 1 unspecified atom stereocenters. The fraction of sp³-hybridized carbons (Fsp3) is 0.625. The molecular formula is C16H24O4. The molecule has 0 saturated carbocycles. The molecule has 0 bridgehead atoms. The van der Waals surface area contributed by atoms with Gasteiger partial charge in [0.25, 0.3) is 0 Å². The van der Waals surface area contributed by atoms with Crippen molar-refractivity contribution in [2.45, 2.75) is 51.4 Å². The molecule has 1 aliphatic rings. The van der Waals surface area contributed by atoms with Gasteiger partial charge in [-0.1, -0.05) is 6.07 Å². The summed E-state index contributed by atoms with van der Waals surface area (Å²) in [6.07, 6.45) is 1.68. The van der Waals surface area contributed by atoms with Crippen molar-refractivity contribution in [2.24, 2.45) is 0 Å². The Morgan fingerprint density at radius 3 is 2.70 bits per heavy atom. The summed E-state index contributed by atoms with van der Waals surface area (Å²) in [4.78, 5) is 0. The first-order valence-electron chi connectivity index (χ1n) is 7.08. The molecule has 4 heteroatoms. The van der Waals surface area contributed by atoms with E-state index in [1.807, 2.05) is 12.1 Å². The monoisotopic (exact) mass is 280 g/mol. The van der Waals surface area contributed by atoms with Gasteiger partial charge in [0.05, 0.1) is 24.9 Å². The van der Waals surface area contributed by atoms with Gasteiger partial charge in [-0.15, -0.1) is 0 Å². The van der Waals surface area contributed by atoms with Crippen LogP contribution in [0.3, 0.4) is 0 Å². The third kappa shape index (κ3) is 3.64. The van der Waals surface area contributed by atoms with Crippen LogP contribution >= 0.6 is 0 Å².